The average molecular weight is 298 g/mol. The molecule has 22 heavy (non-hydrogen) atoms. The zero-order valence-electron chi connectivity index (χ0n) is 12.8. The van der Waals surface area contributed by atoms with E-state index in [4.69, 9.17) is 0 Å². The molecule has 3 rings (SSSR count). The summed E-state index contributed by atoms with van der Waals surface area (Å²) in [5, 5.41) is 10.3. The van der Waals surface area contributed by atoms with Crippen molar-refractivity contribution in [2.75, 3.05) is 5.32 Å². The molecule has 1 aliphatic rings. The van der Waals surface area contributed by atoms with Crippen molar-refractivity contribution in [2.45, 2.75) is 38.6 Å². The lowest BCUT2D eigenvalue weighted by molar-refractivity contribution is 0.238. The molecular weight excluding hydrogens is 276 g/mol. The molecule has 0 spiro atoms. The van der Waals surface area contributed by atoms with Crippen LogP contribution in [0.4, 0.5) is 10.5 Å². The molecule has 2 amide bonds. The number of anilines is 1. The third kappa shape index (κ3) is 3.47. The average Bonchev–Trinajstić information content (AvgIpc) is 3.02. The molecule has 1 heterocycles. The van der Waals surface area contributed by atoms with Crippen LogP contribution in [0.25, 0.3) is 5.69 Å². The first kappa shape index (κ1) is 14.6. The summed E-state index contributed by atoms with van der Waals surface area (Å²) in [6.07, 6.45) is 8.17. The van der Waals surface area contributed by atoms with E-state index < -0.39 is 0 Å². The van der Waals surface area contributed by atoms with E-state index in [1.807, 2.05) is 36.5 Å². The Kier molecular flexibility index (Phi) is 4.42. The van der Waals surface area contributed by atoms with E-state index in [-0.39, 0.29) is 12.1 Å². The van der Waals surface area contributed by atoms with Gasteiger partial charge in [0.15, 0.2) is 0 Å². The maximum Gasteiger partial charge on any atom is 0.319 e. The third-order valence-electron chi connectivity index (χ3n) is 4.18. The lowest BCUT2D eigenvalue weighted by Crippen LogP contribution is -2.40. The lowest BCUT2D eigenvalue weighted by Gasteiger charge is -2.27. The summed E-state index contributed by atoms with van der Waals surface area (Å²) < 4.78 is 1.75. The zero-order valence-corrected chi connectivity index (χ0v) is 12.8. The minimum absolute atomic E-state index is 0.140. The molecule has 2 N–H and O–H groups in total. The monoisotopic (exact) mass is 298 g/mol. The van der Waals surface area contributed by atoms with E-state index in [0.29, 0.717) is 5.92 Å². The van der Waals surface area contributed by atoms with Crippen LogP contribution in [0.3, 0.4) is 0 Å². The standard InChI is InChI=1S/C17H22N4O/c1-13-6-4-7-14(12-13)19-17(22)20-15-8-2-3-9-16(15)21-11-5-10-18-21/h2-3,5,8-11,13-14H,4,6-7,12H2,1H3,(H2,19,20,22). The number of hydrogen-bond acceptors (Lipinski definition) is 2. The normalized spacial score (nSPS) is 21.3. The van der Waals surface area contributed by atoms with Gasteiger partial charge in [0.1, 0.15) is 0 Å². The molecule has 1 fully saturated rings. The van der Waals surface area contributed by atoms with Gasteiger partial charge in [-0.1, -0.05) is 31.9 Å². The van der Waals surface area contributed by atoms with Crippen molar-refractivity contribution in [3.63, 3.8) is 0 Å². The minimum Gasteiger partial charge on any atom is -0.335 e. The van der Waals surface area contributed by atoms with Gasteiger partial charge in [-0.25, -0.2) is 9.48 Å². The number of amides is 2. The van der Waals surface area contributed by atoms with Crippen LogP contribution in [-0.2, 0) is 0 Å². The van der Waals surface area contributed by atoms with Crippen LogP contribution in [0.2, 0.25) is 0 Å². The van der Waals surface area contributed by atoms with Crippen LogP contribution in [0.1, 0.15) is 32.6 Å². The Morgan fingerprint density at radius 2 is 2.14 bits per heavy atom. The number of carbonyl (C=O) groups excluding carboxylic acids is 1. The predicted octanol–water partition coefficient (Wildman–Crippen LogP) is 3.57. The van der Waals surface area contributed by atoms with Gasteiger partial charge in [0.05, 0.1) is 11.4 Å². The van der Waals surface area contributed by atoms with Gasteiger partial charge in [-0.05, 0) is 37.0 Å². The summed E-state index contributed by atoms with van der Waals surface area (Å²) >= 11 is 0. The second kappa shape index (κ2) is 6.64. The molecule has 0 radical (unpaired) electrons. The van der Waals surface area contributed by atoms with Crippen molar-refractivity contribution in [2.24, 2.45) is 5.92 Å². The van der Waals surface area contributed by atoms with Crippen LogP contribution >= 0.6 is 0 Å². The van der Waals surface area contributed by atoms with Crippen LogP contribution in [0.15, 0.2) is 42.7 Å². The summed E-state index contributed by atoms with van der Waals surface area (Å²) in [4.78, 5) is 12.3. The summed E-state index contributed by atoms with van der Waals surface area (Å²) in [5.41, 5.74) is 1.62. The highest BCUT2D eigenvalue weighted by Gasteiger charge is 2.20. The topological polar surface area (TPSA) is 59.0 Å². The summed E-state index contributed by atoms with van der Waals surface area (Å²) in [6, 6.07) is 9.67. The van der Waals surface area contributed by atoms with Crippen molar-refractivity contribution in [3.05, 3.63) is 42.7 Å². The first-order chi connectivity index (χ1) is 10.7. The molecule has 1 aliphatic carbocycles. The Morgan fingerprint density at radius 1 is 1.27 bits per heavy atom. The Labute approximate surface area is 130 Å². The first-order valence-corrected chi connectivity index (χ1v) is 7.89. The summed E-state index contributed by atoms with van der Waals surface area (Å²) in [7, 11) is 0. The molecule has 0 bridgehead atoms. The van der Waals surface area contributed by atoms with E-state index in [1.54, 1.807) is 10.9 Å². The van der Waals surface area contributed by atoms with Gasteiger partial charge < -0.3 is 10.6 Å². The van der Waals surface area contributed by atoms with E-state index >= 15 is 0 Å². The molecular formula is C17H22N4O. The number of aromatic nitrogens is 2. The third-order valence-corrected chi connectivity index (χ3v) is 4.18. The van der Waals surface area contributed by atoms with Gasteiger partial charge in [0.25, 0.3) is 0 Å². The van der Waals surface area contributed by atoms with Crippen molar-refractivity contribution >= 4 is 11.7 Å². The smallest absolute Gasteiger partial charge is 0.319 e. The van der Waals surface area contributed by atoms with Gasteiger partial charge in [0.2, 0.25) is 0 Å². The number of carbonyl (C=O) groups is 1. The molecule has 5 heteroatoms. The second-order valence-electron chi connectivity index (χ2n) is 6.03. The highest BCUT2D eigenvalue weighted by atomic mass is 16.2. The summed E-state index contributed by atoms with van der Waals surface area (Å²) in [5.74, 6) is 0.690. The molecule has 2 aromatic rings. The maximum absolute atomic E-state index is 12.3. The fourth-order valence-corrected chi connectivity index (χ4v) is 3.10. The summed E-state index contributed by atoms with van der Waals surface area (Å²) in [6.45, 7) is 2.25. The van der Waals surface area contributed by atoms with Gasteiger partial charge in [0, 0.05) is 18.4 Å². The number of urea groups is 1. The number of benzene rings is 1. The van der Waals surface area contributed by atoms with Crippen LogP contribution in [0, 0.1) is 5.92 Å². The lowest BCUT2D eigenvalue weighted by atomic mass is 9.87. The highest BCUT2D eigenvalue weighted by molar-refractivity contribution is 5.91. The molecule has 2 atom stereocenters. The molecule has 1 aromatic heterocycles. The van der Waals surface area contributed by atoms with Crippen molar-refractivity contribution in [1.82, 2.24) is 15.1 Å². The molecule has 0 saturated heterocycles. The fourth-order valence-electron chi connectivity index (χ4n) is 3.10. The predicted molar refractivity (Wildman–Crippen MR) is 87.1 cm³/mol. The quantitative estimate of drug-likeness (QED) is 0.910. The van der Waals surface area contributed by atoms with Gasteiger partial charge in [-0.2, -0.15) is 5.10 Å². The molecule has 1 aromatic carbocycles. The van der Waals surface area contributed by atoms with Crippen LogP contribution in [-0.4, -0.2) is 21.9 Å². The van der Waals surface area contributed by atoms with E-state index in [9.17, 15) is 4.79 Å². The largest absolute Gasteiger partial charge is 0.335 e. The van der Waals surface area contributed by atoms with Crippen molar-refractivity contribution < 1.29 is 4.79 Å². The Morgan fingerprint density at radius 3 is 2.91 bits per heavy atom. The van der Waals surface area contributed by atoms with Gasteiger partial charge in [-0.15, -0.1) is 0 Å². The Hall–Kier alpha value is -2.30. The number of nitrogens with one attached hydrogen (secondary N) is 2. The SMILES string of the molecule is CC1CCCC(NC(=O)Nc2ccccc2-n2cccn2)C1. The van der Waals surface area contributed by atoms with Gasteiger partial charge >= 0.3 is 6.03 Å². The van der Waals surface area contributed by atoms with Crippen LogP contribution < -0.4 is 10.6 Å². The molecule has 5 nitrogen and oxygen atoms in total. The molecule has 1 saturated carbocycles. The molecule has 116 valence electrons. The minimum atomic E-state index is -0.140. The fraction of sp³-hybridized carbons (Fsp3) is 0.412. The van der Waals surface area contributed by atoms with Crippen molar-refractivity contribution in [3.8, 4) is 5.69 Å². The van der Waals surface area contributed by atoms with E-state index in [2.05, 4.69) is 22.7 Å². The Balaban J connectivity index is 1.67. The van der Waals surface area contributed by atoms with Crippen molar-refractivity contribution in [1.29, 1.82) is 0 Å². The number of para-hydroxylation sites is 2. The van der Waals surface area contributed by atoms with E-state index in [1.165, 1.54) is 12.8 Å². The number of nitrogens with zero attached hydrogens (tertiary/aromatic N) is 2. The number of hydrogen-bond donors (Lipinski definition) is 2. The Bertz CT molecular complexity index is 623. The number of rotatable bonds is 3. The van der Waals surface area contributed by atoms with Gasteiger partial charge in [-0.3, -0.25) is 0 Å². The second-order valence-corrected chi connectivity index (χ2v) is 6.03. The zero-order chi connectivity index (χ0) is 15.4. The molecule has 0 aliphatic heterocycles. The van der Waals surface area contributed by atoms with E-state index in [0.717, 1.165) is 24.2 Å². The maximum atomic E-state index is 12.3. The highest BCUT2D eigenvalue weighted by Crippen LogP contribution is 2.24. The first-order valence-electron chi connectivity index (χ1n) is 7.89. The molecule has 2 unspecified atom stereocenters. The van der Waals surface area contributed by atoms with Crippen LogP contribution in [0.5, 0.6) is 0 Å².